The number of carbonyl (C=O) groups excluding carboxylic acids is 1. The summed E-state index contributed by atoms with van der Waals surface area (Å²) >= 11 is 15.4. The number of aromatic nitrogens is 2. The van der Waals surface area contributed by atoms with Crippen molar-refractivity contribution in [1.82, 2.24) is 9.78 Å². The lowest BCUT2D eigenvalue weighted by atomic mass is 10.2. The fraction of sp³-hybridized carbons (Fsp3) is 0.130. The predicted octanol–water partition coefficient (Wildman–Crippen LogP) is 6.73. The van der Waals surface area contributed by atoms with E-state index in [2.05, 4.69) is 26.3 Å². The molecule has 32 heavy (non-hydrogen) atoms. The van der Waals surface area contributed by atoms with Crippen molar-refractivity contribution in [2.75, 3.05) is 5.32 Å². The maximum atomic E-state index is 12.6. The number of rotatable bonds is 7. The number of nitrogens with zero attached hydrogens (tertiary/aromatic N) is 2. The highest BCUT2D eigenvalue weighted by atomic mass is 79.9. The quantitative estimate of drug-likeness (QED) is 0.285. The lowest BCUT2D eigenvalue weighted by Crippen LogP contribution is -2.12. The Kier molecular flexibility index (Phi) is 6.89. The number of ether oxygens (including phenoxy) is 1. The van der Waals surface area contributed by atoms with Crippen molar-refractivity contribution in [2.24, 2.45) is 0 Å². The van der Waals surface area contributed by atoms with E-state index in [1.165, 1.54) is 0 Å². The molecule has 0 fully saturated rings. The molecule has 4 aromatic rings. The fourth-order valence-electron chi connectivity index (χ4n) is 2.98. The van der Waals surface area contributed by atoms with Crippen molar-refractivity contribution >= 4 is 50.9 Å². The summed E-state index contributed by atoms with van der Waals surface area (Å²) in [7, 11) is 0. The van der Waals surface area contributed by atoms with Crippen LogP contribution in [0.25, 0.3) is 0 Å². The molecule has 0 aliphatic heterocycles. The van der Waals surface area contributed by atoms with Crippen LogP contribution >= 0.6 is 39.1 Å². The molecule has 1 N–H and O–H groups in total. The van der Waals surface area contributed by atoms with Crippen molar-refractivity contribution in [2.45, 2.75) is 20.1 Å². The highest BCUT2D eigenvalue weighted by molar-refractivity contribution is 9.10. The first kappa shape index (κ1) is 22.5. The standard InChI is InChI=1S/C23H18BrCl2N3O3/c1-14-10-22(28-29(14)12-15-2-8-19(25)20(26)11-15)27-23(30)21-9-7-18(32-21)13-31-17-5-3-16(24)4-6-17/h2-11H,12-13H2,1H3,(H,27,28,30). The summed E-state index contributed by atoms with van der Waals surface area (Å²) in [5.74, 6) is 1.46. The molecular formula is C23H18BrCl2N3O3. The van der Waals surface area contributed by atoms with Crippen LogP contribution in [0.15, 0.2) is 69.6 Å². The molecule has 0 aliphatic carbocycles. The van der Waals surface area contributed by atoms with Crippen LogP contribution in [0.4, 0.5) is 5.82 Å². The average molecular weight is 535 g/mol. The number of amides is 1. The Morgan fingerprint density at radius 2 is 1.88 bits per heavy atom. The molecule has 2 aromatic heterocycles. The van der Waals surface area contributed by atoms with Crippen LogP contribution in [0.2, 0.25) is 10.0 Å². The molecule has 6 nitrogen and oxygen atoms in total. The van der Waals surface area contributed by atoms with E-state index in [1.54, 1.807) is 35.0 Å². The zero-order valence-corrected chi connectivity index (χ0v) is 20.0. The highest BCUT2D eigenvalue weighted by Crippen LogP contribution is 2.24. The summed E-state index contributed by atoms with van der Waals surface area (Å²) in [5, 5.41) is 8.20. The lowest BCUT2D eigenvalue weighted by Gasteiger charge is -2.06. The van der Waals surface area contributed by atoms with Gasteiger partial charge in [0.05, 0.1) is 16.6 Å². The number of hydrogen-bond donors (Lipinski definition) is 1. The number of furan rings is 1. The molecule has 164 valence electrons. The molecule has 0 bridgehead atoms. The van der Waals surface area contributed by atoms with E-state index in [4.69, 9.17) is 32.4 Å². The molecule has 0 atom stereocenters. The van der Waals surface area contributed by atoms with Gasteiger partial charge in [0, 0.05) is 16.2 Å². The Hall–Kier alpha value is -2.74. The normalized spacial score (nSPS) is 10.9. The first-order chi connectivity index (χ1) is 15.4. The molecule has 0 saturated carbocycles. The SMILES string of the molecule is Cc1cc(NC(=O)c2ccc(COc3ccc(Br)cc3)o2)nn1Cc1ccc(Cl)c(Cl)c1. The van der Waals surface area contributed by atoms with Crippen LogP contribution in [0.5, 0.6) is 5.75 Å². The van der Waals surface area contributed by atoms with Crippen molar-refractivity contribution in [1.29, 1.82) is 0 Å². The maximum absolute atomic E-state index is 12.6. The molecule has 0 spiro atoms. The molecule has 0 aliphatic rings. The minimum Gasteiger partial charge on any atom is -0.486 e. The minimum atomic E-state index is -0.390. The van der Waals surface area contributed by atoms with Crippen molar-refractivity contribution in [3.8, 4) is 5.75 Å². The van der Waals surface area contributed by atoms with Crippen molar-refractivity contribution in [3.05, 3.63) is 98.0 Å². The van der Waals surface area contributed by atoms with E-state index in [1.807, 2.05) is 37.3 Å². The molecule has 4 rings (SSSR count). The van der Waals surface area contributed by atoms with E-state index in [0.29, 0.717) is 33.9 Å². The van der Waals surface area contributed by atoms with Crippen LogP contribution in [-0.2, 0) is 13.2 Å². The van der Waals surface area contributed by atoms with Crippen LogP contribution in [0, 0.1) is 6.92 Å². The van der Waals surface area contributed by atoms with Gasteiger partial charge < -0.3 is 14.5 Å². The Morgan fingerprint density at radius 3 is 2.62 bits per heavy atom. The number of nitrogens with one attached hydrogen (secondary N) is 1. The number of halogens is 3. The molecule has 0 radical (unpaired) electrons. The molecule has 9 heteroatoms. The van der Waals surface area contributed by atoms with Gasteiger partial charge >= 0.3 is 0 Å². The summed E-state index contributed by atoms with van der Waals surface area (Å²) in [5.41, 5.74) is 1.83. The number of hydrogen-bond acceptors (Lipinski definition) is 4. The van der Waals surface area contributed by atoms with Gasteiger partial charge in [0.2, 0.25) is 0 Å². The summed E-state index contributed by atoms with van der Waals surface area (Å²) in [6.45, 7) is 2.62. The summed E-state index contributed by atoms with van der Waals surface area (Å²) in [6, 6.07) is 18.0. The molecule has 1 amide bonds. The third-order valence-electron chi connectivity index (χ3n) is 4.62. The zero-order chi connectivity index (χ0) is 22.7. The first-order valence-electron chi connectivity index (χ1n) is 9.64. The van der Waals surface area contributed by atoms with Gasteiger partial charge in [-0.15, -0.1) is 0 Å². The molecule has 0 unspecified atom stereocenters. The second-order valence-corrected chi connectivity index (χ2v) is 8.77. The number of anilines is 1. The van der Waals surface area contributed by atoms with Gasteiger partial charge in [-0.25, -0.2) is 0 Å². The monoisotopic (exact) mass is 533 g/mol. The van der Waals surface area contributed by atoms with E-state index < -0.39 is 0 Å². The Labute approximate surface area is 203 Å². The van der Waals surface area contributed by atoms with Crippen LogP contribution in [0.1, 0.15) is 27.6 Å². The smallest absolute Gasteiger partial charge is 0.292 e. The average Bonchev–Trinajstić information content (AvgIpc) is 3.37. The molecule has 0 saturated heterocycles. The van der Waals surface area contributed by atoms with Gasteiger partial charge in [-0.05, 0) is 61.0 Å². The fourth-order valence-corrected chi connectivity index (χ4v) is 3.57. The van der Waals surface area contributed by atoms with E-state index in [0.717, 1.165) is 15.7 Å². The van der Waals surface area contributed by atoms with E-state index in [9.17, 15) is 4.79 Å². The Morgan fingerprint density at radius 1 is 1.09 bits per heavy atom. The first-order valence-corrected chi connectivity index (χ1v) is 11.2. The van der Waals surface area contributed by atoms with Crippen molar-refractivity contribution in [3.63, 3.8) is 0 Å². The molecule has 2 heterocycles. The highest BCUT2D eigenvalue weighted by Gasteiger charge is 2.15. The zero-order valence-electron chi connectivity index (χ0n) is 16.9. The summed E-state index contributed by atoms with van der Waals surface area (Å²) in [4.78, 5) is 12.6. The lowest BCUT2D eigenvalue weighted by molar-refractivity contribution is 0.0992. The van der Waals surface area contributed by atoms with Gasteiger partial charge in [-0.3, -0.25) is 9.48 Å². The van der Waals surface area contributed by atoms with Gasteiger partial charge in [0.15, 0.2) is 11.6 Å². The van der Waals surface area contributed by atoms with Crippen molar-refractivity contribution < 1.29 is 13.9 Å². The van der Waals surface area contributed by atoms with E-state index >= 15 is 0 Å². The maximum Gasteiger partial charge on any atom is 0.292 e. The van der Waals surface area contributed by atoms with Gasteiger partial charge in [-0.2, -0.15) is 5.10 Å². The molecule has 2 aromatic carbocycles. The Balaban J connectivity index is 1.37. The minimum absolute atomic E-state index is 0.177. The number of carbonyl (C=O) groups is 1. The largest absolute Gasteiger partial charge is 0.486 e. The predicted molar refractivity (Wildman–Crippen MR) is 128 cm³/mol. The van der Waals surface area contributed by atoms with Gasteiger partial charge in [0.1, 0.15) is 18.1 Å². The van der Waals surface area contributed by atoms with Gasteiger partial charge in [-0.1, -0.05) is 45.2 Å². The van der Waals surface area contributed by atoms with Gasteiger partial charge in [0.25, 0.3) is 5.91 Å². The number of aryl methyl sites for hydroxylation is 1. The second kappa shape index (κ2) is 9.81. The van der Waals surface area contributed by atoms with E-state index in [-0.39, 0.29) is 18.3 Å². The topological polar surface area (TPSA) is 69.3 Å². The summed E-state index contributed by atoms with van der Waals surface area (Å²) < 4.78 is 14.0. The van der Waals surface area contributed by atoms with Crippen LogP contribution < -0.4 is 10.1 Å². The molecular weight excluding hydrogens is 517 g/mol. The number of benzene rings is 2. The van der Waals surface area contributed by atoms with Crippen LogP contribution in [0.3, 0.4) is 0 Å². The second-order valence-electron chi connectivity index (χ2n) is 7.04. The summed E-state index contributed by atoms with van der Waals surface area (Å²) in [6.07, 6.45) is 0. The van der Waals surface area contributed by atoms with Crippen LogP contribution in [-0.4, -0.2) is 15.7 Å². The Bertz CT molecular complexity index is 1250. The third kappa shape index (κ3) is 5.54. The third-order valence-corrected chi connectivity index (χ3v) is 5.89.